The summed E-state index contributed by atoms with van der Waals surface area (Å²) < 4.78 is 0. The summed E-state index contributed by atoms with van der Waals surface area (Å²) in [5, 5.41) is 0. The van der Waals surface area contributed by atoms with E-state index in [1.165, 1.54) is 0 Å². The number of aryl methyl sites for hydroxylation is 1. The first kappa shape index (κ1) is 9.33. The van der Waals surface area contributed by atoms with E-state index in [0.29, 0.717) is 5.88 Å². The van der Waals surface area contributed by atoms with Crippen molar-refractivity contribution in [2.75, 3.05) is 19.0 Å². The molecule has 1 aromatic rings. The Bertz CT molecular complexity index is 271. The minimum absolute atomic E-state index is 0.529. The maximum atomic E-state index is 5.68. The predicted molar refractivity (Wildman–Crippen MR) is 52.9 cm³/mol. The number of halogens is 1. The van der Waals surface area contributed by atoms with Gasteiger partial charge in [0.25, 0.3) is 0 Å². The Morgan fingerprint density at radius 2 is 2.17 bits per heavy atom. The molecule has 1 rings (SSSR count). The van der Waals surface area contributed by atoms with Crippen molar-refractivity contribution < 1.29 is 0 Å². The summed E-state index contributed by atoms with van der Waals surface area (Å²) in [6.07, 6.45) is 1.81. The second kappa shape index (κ2) is 3.76. The maximum absolute atomic E-state index is 5.68. The first-order valence-corrected chi connectivity index (χ1v) is 4.37. The van der Waals surface area contributed by atoms with Crippen LogP contribution in [0.25, 0.3) is 0 Å². The van der Waals surface area contributed by atoms with Crippen molar-refractivity contribution >= 4 is 17.4 Å². The molecule has 0 saturated carbocycles. The van der Waals surface area contributed by atoms with E-state index in [1.54, 1.807) is 0 Å². The lowest BCUT2D eigenvalue weighted by molar-refractivity contribution is 1.04. The predicted octanol–water partition coefficient (Wildman–Crippen LogP) is 2.19. The molecule has 0 aliphatic carbocycles. The highest BCUT2D eigenvalue weighted by atomic mass is 35.5. The molecule has 0 unspecified atom stereocenters. The van der Waals surface area contributed by atoms with Gasteiger partial charge < -0.3 is 4.90 Å². The molecule has 1 aromatic heterocycles. The zero-order valence-corrected chi connectivity index (χ0v) is 8.39. The van der Waals surface area contributed by atoms with Crippen LogP contribution < -0.4 is 4.90 Å². The molecule has 0 saturated heterocycles. The van der Waals surface area contributed by atoms with Crippen molar-refractivity contribution in [3.8, 4) is 0 Å². The van der Waals surface area contributed by atoms with Crippen LogP contribution in [0.5, 0.6) is 0 Å². The Hall–Kier alpha value is -0.760. The molecule has 0 aromatic carbocycles. The van der Waals surface area contributed by atoms with Gasteiger partial charge in [-0.3, -0.25) is 0 Å². The molecule has 3 heteroatoms. The maximum Gasteiger partial charge on any atom is 0.130 e. The van der Waals surface area contributed by atoms with E-state index in [0.717, 1.165) is 16.9 Å². The molecule has 0 aliphatic rings. The van der Waals surface area contributed by atoms with Gasteiger partial charge in [0.1, 0.15) is 5.82 Å². The highest BCUT2D eigenvalue weighted by molar-refractivity contribution is 6.17. The Kier molecular flexibility index (Phi) is 2.93. The quantitative estimate of drug-likeness (QED) is 0.656. The van der Waals surface area contributed by atoms with Gasteiger partial charge >= 0.3 is 0 Å². The summed E-state index contributed by atoms with van der Waals surface area (Å²) in [4.78, 5) is 6.28. The van der Waals surface area contributed by atoms with Gasteiger partial charge in [-0.15, -0.1) is 11.6 Å². The lowest BCUT2D eigenvalue weighted by Gasteiger charge is -2.14. The average Bonchev–Trinajstić information content (AvgIpc) is 2.03. The minimum Gasteiger partial charge on any atom is -0.363 e. The van der Waals surface area contributed by atoms with Crippen molar-refractivity contribution in [1.29, 1.82) is 0 Å². The van der Waals surface area contributed by atoms with Crippen LogP contribution in [0.2, 0.25) is 0 Å². The standard InChI is InChI=1S/C9H13ClN2/c1-7-4-8(5-10)6-11-9(7)12(2)3/h4,6H,5H2,1-3H3. The Labute approximate surface area is 78.2 Å². The lowest BCUT2D eigenvalue weighted by Crippen LogP contribution is -2.12. The van der Waals surface area contributed by atoms with Crippen molar-refractivity contribution in [3.05, 3.63) is 23.4 Å². The fourth-order valence-corrected chi connectivity index (χ4v) is 1.31. The summed E-state index contributed by atoms with van der Waals surface area (Å²) in [6, 6.07) is 2.06. The number of anilines is 1. The first-order valence-electron chi connectivity index (χ1n) is 3.84. The van der Waals surface area contributed by atoms with E-state index in [2.05, 4.69) is 11.1 Å². The van der Waals surface area contributed by atoms with Crippen LogP contribution in [0.1, 0.15) is 11.1 Å². The number of hydrogen-bond acceptors (Lipinski definition) is 2. The molecule has 2 nitrogen and oxygen atoms in total. The fourth-order valence-electron chi connectivity index (χ4n) is 1.17. The summed E-state index contributed by atoms with van der Waals surface area (Å²) in [6.45, 7) is 2.04. The molecule has 0 radical (unpaired) electrons. The normalized spacial score (nSPS) is 10.0. The van der Waals surface area contributed by atoms with Gasteiger partial charge in [0.15, 0.2) is 0 Å². The van der Waals surface area contributed by atoms with Gasteiger partial charge in [-0.2, -0.15) is 0 Å². The summed E-state index contributed by atoms with van der Waals surface area (Å²) in [7, 11) is 3.96. The molecule has 1 heterocycles. The molecule has 0 aliphatic heterocycles. The van der Waals surface area contributed by atoms with Crippen molar-refractivity contribution in [1.82, 2.24) is 4.98 Å². The first-order chi connectivity index (χ1) is 5.65. The molecular weight excluding hydrogens is 172 g/mol. The van der Waals surface area contributed by atoms with E-state index in [1.807, 2.05) is 32.1 Å². The van der Waals surface area contributed by atoms with E-state index < -0.39 is 0 Å². The molecule has 0 atom stereocenters. The highest BCUT2D eigenvalue weighted by Gasteiger charge is 2.02. The van der Waals surface area contributed by atoms with Gasteiger partial charge in [0.05, 0.1) is 0 Å². The van der Waals surface area contributed by atoms with Gasteiger partial charge in [-0.25, -0.2) is 4.98 Å². The largest absolute Gasteiger partial charge is 0.363 e. The summed E-state index contributed by atoms with van der Waals surface area (Å²) in [5.41, 5.74) is 2.23. The average molecular weight is 185 g/mol. The van der Waals surface area contributed by atoms with Crippen LogP contribution in [0.15, 0.2) is 12.3 Å². The zero-order chi connectivity index (χ0) is 9.14. The van der Waals surface area contributed by atoms with Crippen LogP contribution in [0, 0.1) is 6.92 Å². The van der Waals surface area contributed by atoms with Crippen LogP contribution in [-0.4, -0.2) is 19.1 Å². The third kappa shape index (κ3) is 1.89. The number of alkyl halides is 1. The number of nitrogens with zero attached hydrogens (tertiary/aromatic N) is 2. The number of aromatic nitrogens is 1. The van der Waals surface area contributed by atoms with Crippen molar-refractivity contribution in [2.45, 2.75) is 12.8 Å². The van der Waals surface area contributed by atoms with E-state index >= 15 is 0 Å². The van der Waals surface area contributed by atoms with Crippen LogP contribution in [0.3, 0.4) is 0 Å². The zero-order valence-electron chi connectivity index (χ0n) is 7.63. The molecule has 0 bridgehead atoms. The third-order valence-electron chi connectivity index (χ3n) is 1.69. The summed E-state index contributed by atoms with van der Waals surface area (Å²) in [5.74, 6) is 1.53. The third-order valence-corrected chi connectivity index (χ3v) is 1.99. The number of rotatable bonds is 2. The molecule has 0 N–H and O–H groups in total. The Morgan fingerprint density at radius 1 is 1.50 bits per heavy atom. The van der Waals surface area contributed by atoms with Gasteiger partial charge in [-0.1, -0.05) is 0 Å². The SMILES string of the molecule is Cc1cc(CCl)cnc1N(C)C. The lowest BCUT2D eigenvalue weighted by atomic mass is 10.2. The van der Waals surface area contributed by atoms with Gasteiger partial charge in [-0.05, 0) is 24.1 Å². The van der Waals surface area contributed by atoms with E-state index in [4.69, 9.17) is 11.6 Å². The molecule has 0 fully saturated rings. The highest BCUT2D eigenvalue weighted by Crippen LogP contribution is 2.15. The molecule has 12 heavy (non-hydrogen) atoms. The molecule has 0 spiro atoms. The van der Waals surface area contributed by atoms with Crippen molar-refractivity contribution in [2.24, 2.45) is 0 Å². The molecule has 0 amide bonds. The monoisotopic (exact) mass is 184 g/mol. The van der Waals surface area contributed by atoms with Crippen molar-refractivity contribution in [3.63, 3.8) is 0 Å². The molecule has 66 valence electrons. The van der Waals surface area contributed by atoms with E-state index in [9.17, 15) is 0 Å². The second-order valence-electron chi connectivity index (χ2n) is 3.01. The fraction of sp³-hybridized carbons (Fsp3) is 0.444. The van der Waals surface area contributed by atoms with Crippen LogP contribution >= 0.6 is 11.6 Å². The number of pyridine rings is 1. The van der Waals surface area contributed by atoms with Gasteiger partial charge in [0, 0.05) is 26.2 Å². The van der Waals surface area contributed by atoms with Gasteiger partial charge in [0.2, 0.25) is 0 Å². The smallest absolute Gasteiger partial charge is 0.130 e. The topological polar surface area (TPSA) is 16.1 Å². The Balaban J connectivity index is 3.03. The number of hydrogen-bond donors (Lipinski definition) is 0. The van der Waals surface area contributed by atoms with Crippen LogP contribution in [0.4, 0.5) is 5.82 Å². The minimum atomic E-state index is 0.529. The summed E-state index contributed by atoms with van der Waals surface area (Å²) >= 11 is 5.68. The second-order valence-corrected chi connectivity index (χ2v) is 3.28. The van der Waals surface area contributed by atoms with Crippen LogP contribution in [-0.2, 0) is 5.88 Å². The Morgan fingerprint density at radius 3 is 2.58 bits per heavy atom. The van der Waals surface area contributed by atoms with E-state index in [-0.39, 0.29) is 0 Å². The molecular formula is C9H13ClN2.